The minimum Gasteiger partial charge on any atom is -0.337 e. The van der Waals surface area contributed by atoms with Crippen LogP contribution in [0, 0.1) is 6.92 Å². The standard InChI is InChI=1S/C18H19BrN2O/c1-13-11-15(7-8-16(13)19)21-17(22)20-12-18(9-10-18)14-5-3-2-4-6-14/h2-8,11H,9-10,12H2,1H3,(H2,20,21,22). The fourth-order valence-electron chi connectivity index (χ4n) is 2.66. The SMILES string of the molecule is Cc1cc(NC(=O)NCC2(c3ccccc3)CC2)ccc1Br. The number of carbonyl (C=O) groups excluding carboxylic acids is 1. The predicted octanol–water partition coefficient (Wildman–Crippen LogP) is 4.61. The van der Waals surface area contributed by atoms with Gasteiger partial charge < -0.3 is 10.6 Å². The average molecular weight is 359 g/mol. The highest BCUT2D eigenvalue weighted by atomic mass is 79.9. The largest absolute Gasteiger partial charge is 0.337 e. The van der Waals surface area contributed by atoms with Crippen LogP contribution >= 0.6 is 15.9 Å². The summed E-state index contributed by atoms with van der Waals surface area (Å²) in [6.07, 6.45) is 2.27. The molecule has 0 atom stereocenters. The zero-order chi connectivity index (χ0) is 15.6. The van der Waals surface area contributed by atoms with E-state index in [-0.39, 0.29) is 11.4 Å². The highest BCUT2D eigenvalue weighted by molar-refractivity contribution is 9.10. The van der Waals surface area contributed by atoms with Gasteiger partial charge in [0.15, 0.2) is 0 Å². The molecule has 22 heavy (non-hydrogen) atoms. The summed E-state index contributed by atoms with van der Waals surface area (Å²) < 4.78 is 1.04. The predicted molar refractivity (Wildman–Crippen MR) is 93.3 cm³/mol. The van der Waals surface area contributed by atoms with Crippen molar-refractivity contribution in [3.05, 3.63) is 64.1 Å². The fourth-order valence-corrected chi connectivity index (χ4v) is 2.90. The van der Waals surface area contributed by atoms with Crippen LogP contribution in [0.3, 0.4) is 0 Å². The normalized spacial score (nSPS) is 15.2. The molecule has 114 valence electrons. The first-order valence-electron chi connectivity index (χ1n) is 7.46. The summed E-state index contributed by atoms with van der Waals surface area (Å²) in [6, 6.07) is 16.1. The molecule has 0 saturated heterocycles. The average Bonchev–Trinajstić information content (AvgIpc) is 3.31. The monoisotopic (exact) mass is 358 g/mol. The van der Waals surface area contributed by atoms with E-state index in [1.165, 1.54) is 5.56 Å². The van der Waals surface area contributed by atoms with Crippen LogP contribution in [0.5, 0.6) is 0 Å². The van der Waals surface area contributed by atoms with Crippen LogP contribution in [0.25, 0.3) is 0 Å². The van der Waals surface area contributed by atoms with Gasteiger partial charge in [-0.15, -0.1) is 0 Å². The molecule has 2 amide bonds. The lowest BCUT2D eigenvalue weighted by Crippen LogP contribution is -2.35. The third-order valence-electron chi connectivity index (χ3n) is 4.24. The summed E-state index contributed by atoms with van der Waals surface area (Å²) in [5, 5.41) is 5.90. The molecule has 0 heterocycles. The van der Waals surface area contributed by atoms with Gasteiger partial charge in [0.25, 0.3) is 0 Å². The van der Waals surface area contributed by atoms with E-state index in [1.54, 1.807) is 0 Å². The maximum absolute atomic E-state index is 12.1. The van der Waals surface area contributed by atoms with Gasteiger partial charge in [0, 0.05) is 22.1 Å². The minimum absolute atomic E-state index is 0.133. The van der Waals surface area contributed by atoms with Gasteiger partial charge in [-0.2, -0.15) is 0 Å². The van der Waals surface area contributed by atoms with E-state index in [0.717, 1.165) is 28.6 Å². The van der Waals surface area contributed by atoms with Crippen LogP contribution < -0.4 is 10.6 Å². The third-order valence-corrected chi connectivity index (χ3v) is 5.13. The maximum atomic E-state index is 12.1. The zero-order valence-corrected chi connectivity index (χ0v) is 14.1. The molecule has 2 aromatic rings. The molecular formula is C18H19BrN2O. The molecule has 1 aliphatic carbocycles. The smallest absolute Gasteiger partial charge is 0.319 e. The lowest BCUT2D eigenvalue weighted by molar-refractivity contribution is 0.251. The molecule has 1 saturated carbocycles. The number of amides is 2. The third kappa shape index (κ3) is 3.33. The number of hydrogen-bond acceptors (Lipinski definition) is 1. The highest BCUT2D eigenvalue weighted by Crippen LogP contribution is 2.47. The first-order chi connectivity index (χ1) is 10.6. The molecule has 0 spiro atoms. The van der Waals surface area contributed by atoms with Crippen LogP contribution in [0.15, 0.2) is 53.0 Å². The Hall–Kier alpha value is -1.81. The van der Waals surface area contributed by atoms with Gasteiger partial charge in [-0.3, -0.25) is 0 Å². The number of halogens is 1. The molecular weight excluding hydrogens is 340 g/mol. The number of benzene rings is 2. The summed E-state index contributed by atoms with van der Waals surface area (Å²) in [7, 11) is 0. The van der Waals surface area contributed by atoms with E-state index >= 15 is 0 Å². The number of hydrogen-bond donors (Lipinski definition) is 2. The lowest BCUT2D eigenvalue weighted by atomic mass is 9.96. The van der Waals surface area contributed by atoms with Crippen molar-refractivity contribution >= 4 is 27.6 Å². The Balaban J connectivity index is 1.58. The van der Waals surface area contributed by atoms with Gasteiger partial charge in [-0.1, -0.05) is 46.3 Å². The van der Waals surface area contributed by atoms with Crippen molar-refractivity contribution in [2.75, 3.05) is 11.9 Å². The fraction of sp³-hybridized carbons (Fsp3) is 0.278. The van der Waals surface area contributed by atoms with Crippen molar-refractivity contribution in [2.24, 2.45) is 0 Å². The quantitative estimate of drug-likeness (QED) is 0.822. The molecule has 1 fully saturated rings. The second-order valence-corrected chi connectivity index (χ2v) is 6.77. The van der Waals surface area contributed by atoms with Crippen molar-refractivity contribution in [1.82, 2.24) is 5.32 Å². The molecule has 0 aliphatic heterocycles. The molecule has 2 aromatic carbocycles. The molecule has 3 rings (SSSR count). The number of rotatable bonds is 4. The van der Waals surface area contributed by atoms with E-state index in [0.29, 0.717) is 6.54 Å². The molecule has 0 bridgehead atoms. The summed E-state index contributed by atoms with van der Waals surface area (Å²) in [5.74, 6) is 0. The minimum atomic E-state index is -0.149. The molecule has 3 nitrogen and oxygen atoms in total. The summed E-state index contributed by atoms with van der Waals surface area (Å²) in [6.45, 7) is 2.68. The van der Waals surface area contributed by atoms with Gasteiger partial charge in [0.2, 0.25) is 0 Å². The number of anilines is 1. The first kappa shape index (κ1) is 15.1. The van der Waals surface area contributed by atoms with Gasteiger partial charge in [0.1, 0.15) is 0 Å². The first-order valence-corrected chi connectivity index (χ1v) is 8.25. The van der Waals surface area contributed by atoms with Crippen molar-refractivity contribution in [3.8, 4) is 0 Å². The van der Waals surface area contributed by atoms with Crippen molar-refractivity contribution in [3.63, 3.8) is 0 Å². The Morgan fingerprint density at radius 1 is 1.18 bits per heavy atom. The van der Waals surface area contributed by atoms with Crippen LogP contribution in [0.4, 0.5) is 10.5 Å². The highest BCUT2D eigenvalue weighted by Gasteiger charge is 2.44. The summed E-state index contributed by atoms with van der Waals surface area (Å²) in [4.78, 5) is 12.1. The molecule has 2 N–H and O–H groups in total. The van der Waals surface area contributed by atoms with E-state index in [1.807, 2.05) is 31.2 Å². The number of urea groups is 1. The van der Waals surface area contributed by atoms with E-state index < -0.39 is 0 Å². The Morgan fingerprint density at radius 3 is 2.55 bits per heavy atom. The van der Waals surface area contributed by atoms with Crippen molar-refractivity contribution < 1.29 is 4.79 Å². The maximum Gasteiger partial charge on any atom is 0.319 e. The van der Waals surface area contributed by atoms with E-state index in [2.05, 4.69) is 50.8 Å². The lowest BCUT2D eigenvalue weighted by Gasteiger charge is -2.17. The zero-order valence-electron chi connectivity index (χ0n) is 12.5. The number of aryl methyl sites for hydroxylation is 1. The van der Waals surface area contributed by atoms with Crippen LogP contribution in [-0.2, 0) is 5.41 Å². The molecule has 0 aromatic heterocycles. The van der Waals surface area contributed by atoms with Crippen LogP contribution in [0.2, 0.25) is 0 Å². The molecule has 4 heteroatoms. The Labute approximate surface area is 139 Å². The van der Waals surface area contributed by atoms with Crippen LogP contribution in [-0.4, -0.2) is 12.6 Å². The second-order valence-electron chi connectivity index (χ2n) is 5.92. The van der Waals surface area contributed by atoms with Gasteiger partial charge in [0.05, 0.1) is 0 Å². The van der Waals surface area contributed by atoms with E-state index in [9.17, 15) is 4.79 Å². The number of carbonyl (C=O) groups is 1. The van der Waals surface area contributed by atoms with Gasteiger partial charge in [-0.25, -0.2) is 4.79 Å². The van der Waals surface area contributed by atoms with Crippen molar-refractivity contribution in [2.45, 2.75) is 25.2 Å². The van der Waals surface area contributed by atoms with Gasteiger partial charge >= 0.3 is 6.03 Å². The van der Waals surface area contributed by atoms with Crippen molar-refractivity contribution in [1.29, 1.82) is 0 Å². The molecule has 1 aliphatic rings. The molecule has 0 radical (unpaired) electrons. The number of nitrogens with one attached hydrogen (secondary N) is 2. The summed E-state index contributed by atoms with van der Waals surface area (Å²) >= 11 is 3.46. The summed E-state index contributed by atoms with van der Waals surface area (Å²) in [5.41, 5.74) is 3.35. The Kier molecular flexibility index (Phi) is 4.21. The molecule has 0 unspecified atom stereocenters. The van der Waals surface area contributed by atoms with Crippen LogP contribution in [0.1, 0.15) is 24.0 Å². The second kappa shape index (κ2) is 6.13. The van der Waals surface area contributed by atoms with Gasteiger partial charge in [-0.05, 0) is 49.1 Å². The van der Waals surface area contributed by atoms with E-state index in [4.69, 9.17) is 0 Å². The Bertz CT molecular complexity index is 681. The topological polar surface area (TPSA) is 41.1 Å². The Morgan fingerprint density at radius 2 is 1.91 bits per heavy atom.